The van der Waals surface area contributed by atoms with Crippen molar-refractivity contribution in [2.45, 2.75) is 33.0 Å². The van der Waals surface area contributed by atoms with Gasteiger partial charge in [0, 0.05) is 30.0 Å². The van der Waals surface area contributed by atoms with Gasteiger partial charge in [-0.05, 0) is 38.5 Å². The van der Waals surface area contributed by atoms with E-state index in [2.05, 4.69) is 29.2 Å². The van der Waals surface area contributed by atoms with Gasteiger partial charge in [-0.25, -0.2) is 18.7 Å². The molecule has 4 aromatic heterocycles. The van der Waals surface area contributed by atoms with Crippen LogP contribution >= 0.6 is 20.8 Å². The van der Waals surface area contributed by atoms with Gasteiger partial charge >= 0.3 is 0 Å². The van der Waals surface area contributed by atoms with Crippen LogP contribution in [0.5, 0.6) is 5.75 Å². The van der Waals surface area contributed by atoms with Crippen LogP contribution in [0.4, 0.5) is 8.78 Å². The van der Waals surface area contributed by atoms with Crippen LogP contribution in [0, 0.1) is 18.6 Å². The summed E-state index contributed by atoms with van der Waals surface area (Å²) in [5.41, 5.74) is 0.548. The molecular formula is C24H21ClF2N5O3P. The molecule has 12 heteroatoms. The number of ether oxygens (including phenoxy) is 1. The van der Waals surface area contributed by atoms with Crippen molar-refractivity contribution >= 4 is 26.3 Å². The summed E-state index contributed by atoms with van der Waals surface area (Å²) < 4.78 is 33.9. The van der Waals surface area contributed by atoms with Gasteiger partial charge in [0.2, 0.25) is 0 Å². The normalized spacial score (nSPS) is 11.6. The largest absolute Gasteiger partial charge is 0.485 e. The highest BCUT2D eigenvalue weighted by atomic mass is 35.5. The van der Waals surface area contributed by atoms with E-state index in [1.54, 1.807) is 39.1 Å². The monoisotopic (exact) mass is 531 g/mol. The number of pyridine rings is 3. The Morgan fingerprint density at radius 1 is 1.14 bits per heavy atom. The SMILES string of the molecule is Cc1cnc(-c2ccnc(C(C)(C)O)n2)cc1-n1c(P)cc(OCc2ncc(F)cc2F)c(Cl)c1=O. The third-order valence-corrected chi connectivity index (χ3v) is 5.95. The van der Waals surface area contributed by atoms with Gasteiger partial charge in [-0.3, -0.25) is 19.3 Å². The second-order valence-corrected chi connectivity index (χ2v) is 9.41. The first kappa shape index (κ1) is 25.8. The van der Waals surface area contributed by atoms with Crippen molar-refractivity contribution in [1.29, 1.82) is 0 Å². The molecule has 1 N–H and O–H groups in total. The van der Waals surface area contributed by atoms with Crippen molar-refractivity contribution in [1.82, 2.24) is 24.5 Å². The molecule has 1 atom stereocenters. The smallest absolute Gasteiger partial charge is 0.278 e. The fraction of sp³-hybridized carbons (Fsp3) is 0.208. The van der Waals surface area contributed by atoms with Crippen molar-refractivity contribution in [3.63, 3.8) is 0 Å². The number of aliphatic hydroxyl groups is 1. The van der Waals surface area contributed by atoms with E-state index in [0.29, 0.717) is 34.1 Å². The number of aryl methyl sites for hydroxylation is 1. The van der Waals surface area contributed by atoms with E-state index >= 15 is 0 Å². The molecule has 36 heavy (non-hydrogen) atoms. The molecule has 0 aliphatic carbocycles. The third kappa shape index (κ3) is 5.26. The minimum absolute atomic E-state index is 0.0194. The van der Waals surface area contributed by atoms with E-state index in [1.165, 1.54) is 16.8 Å². The first-order valence-electron chi connectivity index (χ1n) is 10.6. The average Bonchev–Trinajstić information content (AvgIpc) is 2.82. The predicted molar refractivity (Wildman–Crippen MR) is 134 cm³/mol. The Labute approximate surface area is 212 Å². The molecular weight excluding hydrogens is 511 g/mol. The number of hydrogen-bond donors (Lipinski definition) is 1. The minimum atomic E-state index is -1.25. The molecule has 0 aliphatic rings. The minimum Gasteiger partial charge on any atom is -0.485 e. The molecule has 0 saturated carbocycles. The van der Waals surface area contributed by atoms with E-state index in [9.17, 15) is 18.7 Å². The Hall–Kier alpha value is -3.33. The van der Waals surface area contributed by atoms with Crippen LogP contribution in [0.2, 0.25) is 5.02 Å². The summed E-state index contributed by atoms with van der Waals surface area (Å²) in [7, 11) is 2.44. The van der Waals surface area contributed by atoms with Crippen LogP contribution in [-0.2, 0) is 12.2 Å². The van der Waals surface area contributed by atoms with Crippen LogP contribution in [-0.4, -0.2) is 29.6 Å². The summed E-state index contributed by atoms with van der Waals surface area (Å²) in [6.45, 7) is 4.58. The highest BCUT2D eigenvalue weighted by Gasteiger charge is 2.21. The lowest BCUT2D eigenvalue weighted by Gasteiger charge is -2.17. The van der Waals surface area contributed by atoms with Gasteiger partial charge in [-0.1, -0.05) is 20.8 Å². The topological polar surface area (TPSA) is 103 Å². The molecule has 0 aliphatic heterocycles. The molecule has 0 spiro atoms. The Kier molecular flexibility index (Phi) is 7.13. The van der Waals surface area contributed by atoms with Gasteiger partial charge in [-0.15, -0.1) is 0 Å². The summed E-state index contributed by atoms with van der Waals surface area (Å²) in [5.74, 6) is -1.44. The van der Waals surface area contributed by atoms with Gasteiger partial charge in [0.05, 0.1) is 23.3 Å². The van der Waals surface area contributed by atoms with Gasteiger partial charge < -0.3 is 9.84 Å². The molecule has 0 aromatic carbocycles. The number of rotatable bonds is 6. The lowest BCUT2D eigenvalue weighted by molar-refractivity contribution is 0.0688. The lowest BCUT2D eigenvalue weighted by Crippen LogP contribution is -2.29. The van der Waals surface area contributed by atoms with Crippen molar-refractivity contribution in [3.05, 3.63) is 86.9 Å². The maximum absolute atomic E-state index is 13.9. The van der Waals surface area contributed by atoms with E-state index < -0.39 is 22.8 Å². The standard InChI is InChI=1S/C24H21ClF2N5O3P/c1-12-9-29-16(15-4-5-28-23(31-15)24(2,3)34)7-18(12)32-20(36)8-19(21(25)22(32)33)35-11-17-14(27)6-13(26)10-30-17/h4-10,34H,11,36H2,1-3H3. The summed E-state index contributed by atoms with van der Waals surface area (Å²) >= 11 is 6.33. The third-order valence-electron chi connectivity index (χ3n) is 5.17. The fourth-order valence-electron chi connectivity index (χ4n) is 3.32. The molecule has 186 valence electrons. The van der Waals surface area contributed by atoms with Crippen LogP contribution in [0.3, 0.4) is 0 Å². The number of halogens is 3. The Bertz CT molecular complexity index is 1530. The van der Waals surface area contributed by atoms with E-state index in [1.807, 2.05) is 0 Å². The zero-order valence-electron chi connectivity index (χ0n) is 19.5. The Morgan fingerprint density at radius 3 is 2.58 bits per heavy atom. The molecule has 0 fully saturated rings. The molecule has 0 radical (unpaired) electrons. The number of aromatic nitrogens is 5. The first-order valence-corrected chi connectivity index (χ1v) is 11.6. The fourth-order valence-corrected chi connectivity index (χ4v) is 3.92. The summed E-state index contributed by atoms with van der Waals surface area (Å²) in [6.07, 6.45) is 3.98. The summed E-state index contributed by atoms with van der Waals surface area (Å²) in [5, 5.41) is 10.0. The van der Waals surface area contributed by atoms with Crippen molar-refractivity contribution in [3.8, 4) is 22.8 Å². The number of hydrogen-bond acceptors (Lipinski definition) is 7. The maximum Gasteiger partial charge on any atom is 0.278 e. The predicted octanol–water partition coefficient (Wildman–Crippen LogP) is 3.63. The van der Waals surface area contributed by atoms with Gasteiger partial charge in [0.15, 0.2) is 11.6 Å². The van der Waals surface area contributed by atoms with Crippen molar-refractivity contribution in [2.24, 2.45) is 0 Å². The molecule has 1 unspecified atom stereocenters. The molecule has 4 aromatic rings. The zero-order chi connectivity index (χ0) is 26.2. The molecule has 4 heterocycles. The van der Waals surface area contributed by atoms with Crippen LogP contribution < -0.4 is 15.7 Å². The molecule has 0 bridgehead atoms. The van der Waals surface area contributed by atoms with Crippen LogP contribution in [0.1, 0.15) is 30.9 Å². The zero-order valence-corrected chi connectivity index (χ0v) is 21.4. The van der Waals surface area contributed by atoms with Gasteiger partial charge in [0.25, 0.3) is 5.56 Å². The van der Waals surface area contributed by atoms with Crippen molar-refractivity contribution < 1.29 is 18.6 Å². The summed E-state index contributed by atoms with van der Waals surface area (Å²) in [4.78, 5) is 29.8. The average molecular weight is 532 g/mol. The Morgan fingerprint density at radius 2 is 1.89 bits per heavy atom. The van der Waals surface area contributed by atoms with E-state index in [0.717, 1.165) is 6.20 Å². The maximum atomic E-state index is 13.9. The second-order valence-electron chi connectivity index (χ2n) is 8.44. The first-order chi connectivity index (χ1) is 17.0. The summed E-state index contributed by atoms with van der Waals surface area (Å²) in [6, 6.07) is 5.52. The molecule has 0 amide bonds. The molecule has 4 rings (SSSR count). The van der Waals surface area contributed by atoms with Crippen LogP contribution in [0.15, 0.2) is 47.7 Å². The highest BCUT2D eigenvalue weighted by Crippen LogP contribution is 2.26. The second kappa shape index (κ2) is 9.97. The highest BCUT2D eigenvalue weighted by molar-refractivity contribution is 7.27. The number of nitrogens with zero attached hydrogens (tertiary/aromatic N) is 5. The quantitative estimate of drug-likeness (QED) is 0.379. The molecule has 8 nitrogen and oxygen atoms in total. The lowest BCUT2D eigenvalue weighted by atomic mass is 10.1. The van der Waals surface area contributed by atoms with Crippen molar-refractivity contribution in [2.75, 3.05) is 0 Å². The van der Waals surface area contributed by atoms with Crippen LogP contribution in [0.25, 0.3) is 17.1 Å². The van der Waals surface area contributed by atoms with Gasteiger partial charge in [-0.2, -0.15) is 0 Å². The Balaban J connectivity index is 1.72. The van der Waals surface area contributed by atoms with Gasteiger partial charge in [0.1, 0.15) is 34.5 Å². The van der Waals surface area contributed by atoms with E-state index in [-0.39, 0.29) is 28.9 Å². The van der Waals surface area contributed by atoms with E-state index in [4.69, 9.17) is 16.3 Å². The molecule has 0 saturated heterocycles.